The van der Waals surface area contributed by atoms with Crippen molar-refractivity contribution in [2.45, 2.75) is 11.3 Å². The second-order valence-electron chi connectivity index (χ2n) is 3.19. The molecule has 0 bridgehead atoms. The van der Waals surface area contributed by atoms with Gasteiger partial charge >= 0.3 is 0 Å². The van der Waals surface area contributed by atoms with Crippen molar-refractivity contribution in [2.75, 3.05) is 6.61 Å². The van der Waals surface area contributed by atoms with Gasteiger partial charge in [-0.25, -0.2) is 8.42 Å². The predicted molar refractivity (Wildman–Crippen MR) is 68.8 cm³/mol. The lowest BCUT2D eigenvalue weighted by Gasteiger charge is -2.09. The van der Waals surface area contributed by atoms with E-state index in [-0.39, 0.29) is 33.7 Å². The smallest absolute Gasteiger partial charge is 0.262 e. The first kappa shape index (κ1) is 15.4. The zero-order valence-corrected chi connectivity index (χ0v) is 11.9. The van der Waals surface area contributed by atoms with E-state index in [0.717, 1.165) is 6.07 Å². The van der Waals surface area contributed by atoms with Crippen LogP contribution in [-0.2, 0) is 13.8 Å². The summed E-state index contributed by atoms with van der Waals surface area (Å²) in [7, 11) is 1.18. The molecule has 0 aliphatic rings. The van der Waals surface area contributed by atoms with E-state index in [1.165, 1.54) is 6.07 Å². The van der Waals surface area contributed by atoms with E-state index >= 15 is 0 Å². The molecule has 0 aliphatic heterocycles. The third kappa shape index (κ3) is 3.91. The number of nitrogens with two attached hydrogens (primary N) is 1. The molecule has 1 aromatic carbocycles. The van der Waals surface area contributed by atoms with E-state index in [1.807, 2.05) is 0 Å². The standard InChI is InChI=1S/C9H8Cl3NO4S/c10-8-5(17-4-3-7(13)14)1-2-6(9(8)11)18(12,15)16/h1-2H,3-4H2,(H2,13,14). The fraction of sp³-hybridized carbons (Fsp3) is 0.222. The summed E-state index contributed by atoms with van der Waals surface area (Å²) in [6.07, 6.45) is 0.00348. The normalized spacial score (nSPS) is 11.3. The van der Waals surface area contributed by atoms with Crippen molar-refractivity contribution in [3.8, 4) is 5.75 Å². The molecule has 5 nitrogen and oxygen atoms in total. The largest absolute Gasteiger partial charge is 0.491 e. The first-order valence-electron chi connectivity index (χ1n) is 4.57. The van der Waals surface area contributed by atoms with Gasteiger partial charge in [0.05, 0.1) is 18.1 Å². The maximum atomic E-state index is 11.1. The molecular formula is C9H8Cl3NO4S. The van der Waals surface area contributed by atoms with Gasteiger partial charge in [-0.1, -0.05) is 23.2 Å². The van der Waals surface area contributed by atoms with Crippen LogP contribution in [0.3, 0.4) is 0 Å². The van der Waals surface area contributed by atoms with Crippen molar-refractivity contribution in [1.82, 2.24) is 0 Å². The summed E-state index contributed by atoms with van der Waals surface area (Å²) in [4.78, 5) is 10.2. The average molecular weight is 333 g/mol. The van der Waals surface area contributed by atoms with Crippen LogP contribution in [0.25, 0.3) is 0 Å². The Hall–Kier alpha value is -0.690. The fourth-order valence-electron chi connectivity index (χ4n) is 1.08. The fourth-order valence-corrected chi connectivity index (χ4v) is 2.86. The molecule has 0 unspecified atom stereocenters. The molecule has 100 valence electrons. The molecule has 1 rings (SSSR count). The Kier molecular flexibility index (Phi) is 5.10. The Morgan fingerprint density at radius 2 is 1.89 bits per heavy atom. The van der Waals surface area contributed by atoms with Crippen LogP contribution in [0.1, 0.15) is 6.42 Å². The maximum absolute atomic E-state index is 11.1. The molecule has 0 heterocycles. The van der Waals surface area contributed by atoms with Crippen molar-refractivity contribution in [3.05, 3.63) is 22.2 Å². The van der Waals surface area contributed by atoms with Crippen LogP contribution in [0, 0.1) is 0 Å². The van der Waals surface area contributed by atoms with E-state index in [1.54, 1.807) is 0 Å². The van der Waals surface area contributed by atoms with Gasteiger partial charge in [-0.05, 0) is 12.1 Å². The van der Waals surface area contributed by atoms with Gasteiger partial charge in [0.25, 0.3) is 9.05 Å². The summed E-state index contributed by atoms with van der Waals surface area (Å²) >= 11 is 11.6. The number of rotatable bonds is 5. The first-order chi connectivity index (χ1) is 8.23. The highest BCUT2D eigenvalue weighted by atomic mass is 35.7. The molecule has 0 fully saturated rings. The van der Waals surface area contributed by atoms with Crippen molar-refractivity contribution in [3.63, 3.8) is 0 Å². The van der Waals surface area contributed by atoms with Crippen LogP contribution in [-0.4, -0.2) is 20.9 Å². The minimum atomic E-state index is -3.98. The highest BCUT2D eigenvalue weighted by Gasteiger charge is 2.19. The van der Waals surface area contributed by atoms with E-state index in [0.29, 0.717) is 0 Å². The lowest BCUT2D eigenvalue weighted by Crippen LogP contribution is -2.14. The SMILES string of the molecule is NC(=O)CCOc1ccc(S(=O)(=O)Cl)c(Cl)c1Cl. The van der Waals surface area contributed by atoms with Crippen LogP contribution >= 0.6 is 33.9 Å². The molecule has 1 aromatic rings. The molecule has 0 saturated carbocycles. The van der Waals surface area contributed by atoms with Gasteiger partial charge in [0.15, 0.2) is 0 Å². The number of carbonyl (C=O) groups is 1. The third-order valence-electron chi connectivity index (χ3n) is 1.88. The number of ether oxygens (including phenoxy) is 1. The molecule has 0 saturated heterocycles. The number of benzene rings is 1. The van der Waals surface area contributed by atoms with Gasteiger partial charge in [-0.2, -0.15) is 0 Å². The van der Waals surface area contributed by atoms with E-state index in [9.17, 15) is 13.2 Å². The molecule has 0 aromatic heterocycles. The molecular weight excluding hydrogens is 325 g/mol. The van der Waals surface area contributed by atoms with Gasteiger partial charge in [-0.15, -0.1) is 0 Å². The second kappa shape index (κ2) is 5.97. The van der Waals surface area contributed by atoms with Crippen LogP contribution in [0.5, 0.6) is 5.75 Å². The van der Waals surface area contributed by atoms with Gasteiger partial charge < -0.3 is 10.5 Å². The molecule has 0 aliphatic carbocycles. The number of carbonyl (C=O) groups excluding carboxylic acids is 1. The number of hydrogen-bond acceptors (Lipinski definition) is 4. The third-order valence-corrected chi connectivity index (χ3v) is 4.22. The lowest BCUT2D eigenvalue weighted by molar-refractivity contribution is -0.118. The van der Waals surface area contributed by atoms with Gasteiger partial charge in [0.1, 0.15) is 15.7 Å². The van der Waals surface area contributed by atoms with Crippen LogP contribution in [0.15, 0.2) is 17.0 Å². The number of amides is 1. The topological polar surface area (TPSA) is 86.5 Å². The van der Waals surface area contributed by atoms with Gasteiger partial charge in [0.2, 0.25) is 5.91 Å². The van der Waals surface area contributed by atoms with Crippen LogP contribution in [0.4, 0.5) is 0 Å². The summed E-state index contributed by atoms with van der Waals surface area (Å²) in [5.41, 5.74) is 4.93. The average Bonchev–Trinajstić information content (AvgIpc) is 2.22. The monoisotopic (exact) mass is 331 g/mol. The zero-order valence-electron chi connectivity index (χ0n) is 8.82. The minimum absolute atomic E-state index is 0.00348. The van der Waals surface area contributed by atoms with Crippen molar-refractivity contribution in [2.24, 2.45) is 5.73 Å². The Morgan fingerprint density at radius 3 is 2.39 bits per heavy atom. The summed E-state index contributed by atoms with van der Waals surface area (Å²) in [6, 6.07) is 2.46. The van der Waals surface area contributed by atoms with Crippen LogP contribution in [0.2, 0.25) is 10.0 Å². The van der Waals surface area contributed by atoms with Gasteiger partial charge in [-0.3, -0.25) is 4.79 Å². The maximum Gasteiger partial charge on any atom is 0.262 e. The van der Waals surface area contributed by atoms with E-state index in [2.05, 4.69) is 0 Å². The Morgan fingerprint density at radius 1 is 1.28 bits per heavy atom. The van der Waals surface area contributed by atoms with Crippen molar-refractivity contribution >= 4 is 48.8 Å². The number of halogens is 3. The molecule has 0 radical (unpaired) electrons. The first-order valence-corrected chi connectivity index (χ1v) is 7.63. The van der Waals surface area contributed by atoms with Crippen molar-refractivity contribution in [1.29, 1.82) is 0 Å². The minimum Gasteiger partial charge on any atom is -0.491 e. The molecule has 0 atom stereocenters. The second-order valence-corrected chi connectivity index (χ2v) is 6.48. The summed E-state index contributed by atoms with van der Waals surface area (Å²) in [5, 5.41) is -0.328. The highest BCUT2D eigenvalue weighted by Crippen LogP contribution is 2.37. The predicted octanol–water partition coefficient (Wildman–Crippen LogP) is 2.18. The lowest BCUT2D eigenvalue weighted by atomic mass is 10.3. The number of hydrogen-bond donors (Lipinski definition) is 1. The molecule has 0 spiro atoms. The Labute approximate surface area is 118 Å². The quantitative estimate of drug-likeness (QED) is 0.837. The van der Waals surface area contributed by atoms with E-state index in [4.69, 9.17) is 44.4 Å². The molecule has 9 heteroatoms. The van der Waals surface area contributed by atoms with Crippen LogP contribution < -0.4 is 10.5 Å². The van der Waals surface area contributed by atoms with E-state index < -0.39 is 15.0 Å². The summed E-state index contributed by atoms with van der Waals surface area (Å²) in [5.74, 6) is -0.385. The number of primary amides is 1. The summed E-state index contributed by atoms with van der Waals surface area (Å²) in [6.45, 7) is 0.0123. The highest BCUT2D eigenvalue weighted by molar-refractivity contribution is 8.13. The molecule has 1 amide bonds. The Bertz CT molecular complexity index is 573. The Balaban J connectivity index is 2.98. The zero-order chi connectivity index (χ0) is 13.9. The molecule has 18 heavy (non-hydrogen) atoms. The van der Waals surface area contributed by atoms with Gasteiger partial charge in [0, 0.05) is 10.7 Å². The van der Waals surface area contributed by atoms with Crippen molar-refractivity contribution < 1.29 is 17.9 Å². The molecule has 2 N–H and O–H groups in total. The summed E-state index contributed by atoms with van der Waals surface area (Å²) < 4.78 is 27.4.